The van der Waals surface area contributed by atoms with Crippen LogP contribution in [0.2, 0.25) is 0 Å². The van der Waals surface area contributed by atoms with Crippen molar-refractivity contribution in [2.24, 2.45) is 4.99 Å². The zero-order chi connectivity index (χ0) is 12.3. The molecule has 1 aliphatic carbocycles. The van der Waals surface area contributed by atoms with E-state index in [9.17, 15) is 8.78 Å². The Kier molecular flexibility index (Phi) is 2.08. The Balaban J connectivity index is 2.16. The van der Waals surface area contributed by atoms with Gasteiger partial charge in [0.05, 0.1) is 10.6 Å². The maximum Gasteiger partial charge on any atom is 0.537 e. The molecule has 0 aromatic rings. The predicted molar refractivity (Wildman–Crippen MR) is 56.1 cm³/mol. The summed E-state index contributed by atoms with van der Waals surface area (Å²) in [5.74, 6) is -0.126. The van der Waals surface area contributed by atoms with E-state index in [-0.39, 0.29) is 16.4 Å². The third-order valence-corrected chi connectivity index (χ3v) is 2.95. The summed E-state index contributed by atoms with van der Waals surface area (Å²) < 4.78 is 36.3. The third-order valence-electron chi connectivity index (χ3n) is 2.43. The summed E-state index contributed by atoms with van der Waals surface area (Å²) in [5.41, 5.74) is -1.54. The van der Waals surface area contributed by atoms with E-state index in [4.69, 9.17) is 23.4 Å². The third kappa shape index (κ3) is 1.48. The Morgan fingerprint density at radius 3 is 2.88 bits per heavy atom. The first-order chi connectivity index (χ1) is 7.93. The van der Waals surface area contributed by atoms with Crippen molar-refractivity contribution in [3.8, 4) is 0 Å². The zero-order valence-corrected chi connectivity index (χ0v) is 9.54. The van der Waals surface area contributed by atoms with Crippen molar-refractivity contribution < 1.29 is 18.3 Å². The van der Waals surface area contributed by atoms with Crippen LogP contribution in [-0.4, -0.2) is 22.8 Å². The number of hydrogen-bond donors (Lipinski definition) is 0. The standard InChI is InChI=1S/C9H4Cl2F2N2O2/c10-6-1-2-7-8(17-9(12,13)16-7)5(6)3-15(11)4-14-8/h1-4H. The second-order valence-electron chi connectivity index (χ2n) is 3.49. The Labute approximate surface area is 105 Å². The van der Waals surface area contributed by atoms with Crippen molar-refractivity contribution in [1.29, 1.82) is 0 Å². The van der Waals surface area contributed by atoms with Crippen LogP contribution in [0.25, 0.3) is 0 Å². The molecular formula is C9H4Cl2F2N2O2. The summed E-state index contributed by atoms with van der Waals surface area (Å²) in [5, 5.41) is 0.206. The smallest absolute Gasteiger partial charge is 0.408 e. The van der Waals surface area contributed by atoms with E-state index in [1.807, 2.05) is 0 Å². The van der Waals surface area contributed by atoms with Gasteiger partial charge in [-0.2, -0.15) is 0 Å². The second kappa shape index (κ2) is 3.22. The molecule has 1 spiro atoms. The summed E-state index contributed by atoms with van der Waals surface area (Å²) in [6, 6.07) is 0. The van der Waals surface area contributed by atoms with Gasteiger partial charge in [0.2, 0.25) is 0 Å². The number of aliphatic imine (C=N–C) groups is 1. The fraction of sp³-hybridized carbons (Fsp3) is 0.222. The Hall–Kier alpha value is -1.11. The lowest BCUT2D eigenvalue weighted by atomic mass is 9.96. The van der Waals surface area contributed by atoms with Crippen molar-refractivity contribution in [3.63, 3.8) is 0 Å². The van der Waals surface area contributed by atoms with Crippen LogP contribution in [0.4, 0.5) is 8.78 Å². The second-order valence-corrected chi connectivity index (χ2v) is 4.29. The van der Waals surface area contributed by atoms with Crippen LogP contribution < -0.4 is 0 Å². The number of rotatable bonds is 0. The highest BCUT2D eigenvalue weighted by atomic mass is 35.5. The van der Waals surface area contributed by atoms with Crippen LogP contribution in [0, 0.1) is 0 Å². The van der Waals surface area contributed by atoms with Crippen LogP contribution in [0.3, 0.4) is 0 Å². The van der Waals surface area contributed by atoms with Crippen molar-refractivity contribution in [2.45, 2.75) is 12.0 Å². The van der Waals surface area contributed by atoms with Gasteiger partial charge in [-0.25, -0.2) is 14.1 Å². The number of alkyl halides is 2. The first kappa shape index (κ1) is 11.0. The highest BCUT2D eigenvalue weighted by molar-refractivity contribution is 6.32. The number of allylic oxidation sites excluding steroid dienone is 2. The van der Waals surface area contributed by atoms with Gasteiger partial charge in [0.15, 0.2) is 5.76 Å². The minimum absolute atomic E-state index is 0.126. The molecule has 1 saturated heterocycles. The van der Waals surface area contributed by atoms with Gasteiger partial charge < -0.3 is 4.74 Å². The van der Waals surface area contributed by atoms with Gasteiger partial charge in [0.25, 0.3) is 5.72 Å². The lowest BCUT2D eigenvalue weighted by molar-refractivity contribution is -0.349. The van der Waals surface area contributed by atoms with Gasteiger partial charge in [0, 0.05) is 18.0 Å². The molecule has 17 heavy (non-hydrogen) atoms. The lowest BCUT2D eigenvalue weighted by Crippen LogP contribution is -2.38. The zero-order valence-electron chi connectivity index (χ0n) is 8.03. The van der Waals surface area contributed by atoms with E-state index in [1.165, 1.54) is 18.4 Å². The molecule has 0 aromatic carbocycles. The van der Waals surface area contributed by atoms with Gasteiger partial charge in [-0.1, -0.05) is 11.6 Å². The van der Waals surface area contributed by atoms with Gasteiger partial charge in [-0.15, -0.1) is 8.78 Å². The van der Waals surface area contributed by atoms with Crippen LogP contribution in [0.5, 0.6) is 0 Å². The Bertz CT molecular complexity index is 515. The SMILES string of the molecule is FC1(F)OC2=CC=C(Cl)C3=CN(Cl)C=NC23O1. The van der Waals surface area contributed by atoms with Gasteiger partial charge in [-0.3, -0.25) is 0 Å². The van der Waals surface area contributed by atoms with Gasteiger partial charge in [-0.05, 0) is 12.2 Å². The minimum atomic E-state index is -3.74. The molecule has 90 valence electrons. The molecule has 3 aliphatic rings. The molecule has 0 N–H and O–H groups in total. The van der Waals surface area contributed by atoms with E-state index in [2.05, 4.69) is 14.5 Å². The predicted octanol–water partition coefficient (Wildman–Crippen LogP) is 2.68. The molecule has 8 heteroatoms. The molecule has 2 aliphatic heterocycles. The summed E-state index contributed by atoms with van der Waals surface area (Å²) in [4.78, 5) is 3.85. The molecule has 0 amide bonds. The maximum atomic E-state index is 13.1. The number of hydrogen-bond acceptors (Lipinski definition) is 4. The highest BCUT2D eigenvalue weighted by Gasteiger charge is 2.61. The van der Waals surface area contributed by atoms with Crippen LogP contribution in [-0.2, 0) is 9.47 Å². The number of nitrogens with zero attached hydrogens (tertiary/aromatic N) is 2. The van der Waals surface area contributed by atoms with Crippen LogP contribution >= 0.6 is 23.4 Å². The molecule has 1 fully saturated rings. The monoisotopic (exact) mass is 280 g/mol. The maximum absolute atomic E-state index is 13.1. The van der Waals surface area contributed by atoms with Crippen LogP contribution in [0.1, 0.15) is 0 Å². The molecule has 0 bridgehead atoms. The van der Waals surface area contributed by atoms with Crippen molar-refractivity contribution >= 4 is 29.7 Å². The molecule has 0 saturated carbocycles. The molecule has 0 aromatic heterocycles. The van der Waals surface area contributed by atoms with E-state index in [0.717, 1.165) is 10.8 Å². The van der Waals surface area contributed by atoms with E-state index < -0.39 is 12.0 Å². The molecule has 1 atom stereocenters. The minimum Gasteiger partial charge on any atom is -0.408 e. The molecule has 1 unspecified atom stereocenters. The van der Waals surface area contributed by atoms with E-state index in [1.54, 1.807) is 0 Å². The average Bonchev–Trinajstić information content (AvgIpc) is 2.51. The number of halogens is 4. The van der Waals surface area contributed by atoms with E-state index >= 15 is 0 Å². The van der Waals surface area contributed by atoms with Gasteiger partial charge >= 0.3 is 6.29 Å². The van der Waals surface area contributed by atoms with E-state index in [0.29, 0.717) is 0 Å². The topological polar surface area (TPSA) is 34.1 Å². The van der Waals surface area contributed by atoms with Gasteiger partial charge in [0.1, 0.15) is 6.34 Å². The normalized spacial score (nSPS) is 33.2. The first-order valence-electron chi connectivity index (χ1n) is 4.50. The molecule has 2 heterocycles. The summed E-state index contributed by atoms with van der Waals surface area (Å²) in [6.45, 7) is 0. The molecule has 0 radical (unpaired) electrons. The fourth-order valence-electron chi connectivity index (χ4n) is 1.78. The van der Waals surface area contributed by atoms with Crippen molar-refractivity contribution in [2.75, 3.05) is 0 Å². The molecular weight excluding hydrogens is 277 g/mol. The molecule has 3 rings (SSSR count). The molecule has 4 nitrogen and oxygen atoms in total. The van der Waals surface area contributed by atoms with Crippen LogP contribution in [0.15, 0.2) is 39.7 Å². The fourth-order valence-corrected chi connectivity index (χ4v) is 2.16. The average molecular weight is 281 g/mol. The quantitative estimate of drug-likeness (QED) is 0.640. The summed E-state index contributed by atoms with van der Waals surface area (Å²) in [6.07, 6.45) is 1.44. The highest BCUT2D eigenvalue weighted by Crippen LogP contribution is 2.51. The summed E-state index contributed by atoms with van der Waals surface area (Å²) >= 11 is 11.6. The largest absolute Gasteiger partial charge is 0.537 e. The Morgan fingerprint density at radius 1 is 1.35 bits per heavy atom. The Morgan fingerprint density at radius 2 is 2.12 bits per heavy atom. The van der Waals surface area contributed by atoms with Crippen molar-refractivity contribution in [1.82, 2.24) is 4.42 Å². The first-order valence-corrected chi connectivity index (χ1v) is 5.22. The van der Waals surface area contributed by atoms with Crippen molar-refractivity contribution in [3.05, 3.63) is 34.7 Å². The lowest BCUT2D eigenvalue weighted by Gasteiger charge is -2.30. The summed E-state index contributed by atoms with van der Waals surface area (Å²) in [7, 11) is 0. The number of ether oxygens (including phenoxy) is 2.